The van der Waals surface area contributed by atoms with Crippen LogP contribution in [0.1, 0.15) is 13.8 Å². The smallest absolute Gasteiger partial charge is 0.294 e. The average molecular weight is 194 g/mol. The number of carbonyl (C=O) groups excluding carboxylic acids is 1. The van der Waals surface area contributed by atoms with Gasteiger partial charge < -0.3 is 4.43 Å². The molecule has 0 radical (unpaired) electrons. The molecule has 70 valence electrons. The molecule has 1 rings (SSSR count). The molecule has 1 aromatic rings. The molecule has 0 N–H and O–H groups in total. The maximum absolute atomic E-state index is 11.1. The Morgan fingerprint density at radius 1 is 1.31 bits per heavy atom. The van der Waals surface area contributed by atoms with Gasteiger partial charge >= 0.3 is 0 Å². The monoisotopic (exact) mass is 194 g/mol. The van der Waals surface area contributed by atoms with Crippen LogP contribution in [0.4, 0.5) is 0 Å². The maximum Gasteiger partial charge on any atom is 0.294 e. The molecule has 1 aromatic carbocycles. The first-order valence-corrected chi connectivity index (χ1v) is 5.69. The Morgan fingerprint density at radius 2 is 1.92 bits per heavy atom. The highest BCUT2D eigenvalue weighted by molar-refractivity contribution is 6.48. The largest absolute Gasteiger partial charge is 0.520 e. The lowest BCUT2D eigenvalue weighted by atomic mass is 10.2. The molecule has 0 saturated heterocycles. The molecule has 13 heavy (non-hydrogen) atoms. The zero-order valence-electron chi connectivity index (χ0n) is 7.99. The van der Waals surface area contributed by atoms with E-state index in [4.69, 9.17) is 4.43 Å². The van der Waals surface area contributed by atoms with Gasteiger partial charge in [0.2, 0.25) is 0 Å². The standard InChI is InChI=1S/C10H14O2Si/c1-8(2)10(11)12-13-9-6-4-3-5-7-9/h3-8H,13H2,1-2H3. The number of hydrogen-bond acceptors (Lipinski definition) is 2. The van der Waals surface area contributed by atoms with E-state index < -0.39 is 9.76 Å². The van der Waals surface area contributed by atoms with Crippen LogP contribution in [-0.2, 0) is 9.22 Å². The fourth-order valence-corrected chi connectivity index (χ4v) is 2.00. The van der Waals surface area contributed by atoms with Crippen molar-refractivity contribution in [2.75, 3.05) is 0 Å². The maximum atomic E-state index is 11.1. The van der Waals surface area contributed by atoms with E-state index in [1.807, 2.05) is 44.2 Å². The van der Waals surface area contributed by atoms with Crippen molar-refractivity contribution in [3.05, 3.63) is 30.3 Å². The molecule has 3 heteroatoms. The molecule has 0 unspecified atom stereocenters. The number of hydrogen-bond donors (Lipinski definition) is 0. The van der Waals surface area contributed by atoms with E-state index in [2.05, 4.69) is 0 Å². The lowest BCUT2D eigenvalue weighted by molar-refractivity contribution is -0.137. The first kappa shape index (κ1) is 9.99. The van der Waals surface area contributed by atoms with Crippen LogP contribution in [-0.4, -0.2) is 15.7 Å². The summed E-state index contributed by atoms with van der Waals surface area (Å²) in [6.07, 6.45) is 0. The van der Waals surface area contributed by atoms with E-state index in [1.165, 1.54) is 0 Å². The molecule has 0 aliphatic rings. The molecule has 0 saturated carbocycles. The van der Waals surface area contributed by atoms with E-state index in [-0.39, 0.29) is 11.9 Å². The number of carbonyl (C=O) groups is 1. The minimum atomic E-state index is -0.851. The van der Waals surface area contributed by atoms with Gasteiger partial charge in [0.05, 0.1) is 0 Å². The Labute approximate surface area is 80.9 Å². The Bertz CT molecular complexity index is 270. The van der Waals surface area contributed by atoms with Gasteiger partial charge in [-0.1, -0.05) is 44.2 Å². The Kier molecular flexibility index (Phi) is 3.70. The molecule has 0 aromatic heterocycles. The van der Waals surface area contributed by atoms with Crippen LogP contribution in [0.15, 0.2) is 30.3 Å². The summed E-state index contributed by atoms with van der Waals surface area (Å²) < 4.78 is 5.19. The van der Waals surface area contributed by atoms with Crippen molar-refractivity contribution in [1.29, 1.82) is 0 Å². The molecule has 0 amide bonds. The minimum absolute atomic E-state index is 0.0174. The van der Waals surface area contributed by atoms with Crippen molar-refractivity contribution in [3.8, 4) is 0 Å². The molecule has 0 aliphatic carbocycles. The van der Waals surface area contributed by atoms with Gasteiger partial charge in [-0.2, -0.15) is 0 Å². The second-order valence-electron chi connectivity index (χ2n) is 3.25. The number of benzene rings is 1. The van der Waals surface area contributed by atoms with Gasteiger partial charge in [0.15, 0.2) is 0 Å². The van der Waals surface area contributed by atoms with Crippen LogP contribution in [0.25, 0.3) is 0 Å². The lowest BCUT2D eigenvalue weighted by Gasteiger charge is -2.06. The highest BCUT2D eigenvalue weighted by Gasteiger charge is 2.07. The van der Waals surface area contributed by atoms with E-state index in [9.17, 15) is 4.79 Å². The van der Waals surface area contributed by atoms with Crippen LogP contribution in [0.5, 0.6) is 0 Å². The number of rotatable bonds is 3. The minimum Gasteiger partial charge on any atom is -0.520 e. The molecule has 0 aliphatic heterocycles. The van der Waals surface area contributed by atoms with Crippen molar-refractivity contribution in [1.82, 2.24) is 0 Å². The molecular weight excluding hydrogens is 180 g/mol. The highest BCUT2D eigenvalue weighted by Crippen LogP contribution is 1.94. The lowest BCUT2D eigenvalue weighted by Crippen LogP contribution is -2.23. The Hall–Kier alpha value is -1.09. The summed E-state index contributed by atoms with van der Waals surface area (Å²) >= 11 is 0. The third kappa shape index (κ3) is 3.42. The first-order valence-electron chi connectivity index (χ1n) is 4.40. The molecule has 0 fully saturated rings. The summed E-state index contributed by atoms with van der Waals surface area (Å²) in [5, 5.41) is 1.16. The first-order chi connectivity index (χ1) is 6.20. The Balaban J connectivity index is 2.40. The Morgan fingerprint density at radius 3 is 2.46 bits per heavy atom. The third-order valence-corrected chi connectivity index (χ3v) is 2.93. The van der Waals surface area contributed by atoms with Crippen LogP contribution in [0.2, 0.25) is 0 Å². The van der Waals surface area contributed by atoms with Crippen molar-refractivity contribution < 1.29 is 9.22 Å². The molecule has 0 heterocycles. The molecule has 0 atom stereocenters. The highest BCUT2D eigenvalue weighted by atomic mass is 28.2. The van der Waals surface area contributed by atoms with Gasteiger partial charge in [0, 0.05) is 5.92 Å². The molecule has 0 spiro atoms. The van der Waals surface area contributed by atoms with E-state index in [1.54, 1.807) is 0 Å². The van der Waals surface area contributed by atoms with E-state index in [0.717, 1.165) is 5.19 Å². The normalized spacial score (nSPS) is 11.0. The fraction of sp³-hybridized carbons (Fsp3) is 0.300. The molecular formula is C10H14O2Si. The van der Waals surface area contributed by atoms with Crippen molar-refractivity contribution in [2.45, 2.75) is 13.8 Å². The SMILES string of the molecule is CC(C)C(=O)O[SiH2]c1ccccc1. The van der Waals surface area contributed by atoms with Crippen molar-refractivity contribution in [3.63, 3.8) is 0 Å². The van der Waals surface area contributed by atoms with Crippen molar-refractivity contribution >= 4 is 20.9 Å². The van der Waals surface area contributed by atoms with Gasteiger partial charge in [-0.05, 0) is 5.19 Å². The average Bonchev–Trinajstić information content (AvgIpc) is 2.15. The van der Waals surface area contributed by atoms with E-state index >= 15 is 0 Å². The van der Waals surface area contributed by atoms with Crippen LogP contribution >= 0.6 is 0 Å². The van der Waals surface area contributed by atoms with E-state index in [0.29, 0.717) is 0 Å². The molecule has 0 bridgehead atoms. The summed E-state index contributed by atoms with van der Waals surface area (Å²) in [6.45, 7) is 3.70. The summed E-state index contributed by atoms with van der Waals surface area (Å²) in [6, 6.07) is 9.89. The quantitative estimate of drug-likeness (QED) is 0.659. The summed E-state index contributed by atoms with van der Waals surface area (Å²) in [7, 11) is -0.851. The van der Waals surface area contributed by atoms with Crippen LogP contribution in [0.3, 0.4) is 0 Å². The second kappa shape index (κ2) is 4.82. The van der Waals surface area contributed by atoms with Gasteiger partial charge in [-0.3, -0.25) is 4.79 Å². The molecule has 2 nitrogen and oxygen atoms in total. The second-order valence-corrected chi connectivity index (χ2v) is 4.64. The summed E-state index contributed by atoms with van der Waals surface area (Å²) in [5.41, 5.74) is 0. The van der Waals surface area contributed by atoms with Crippen molar-refractivity contribution in [2.24, 2.45) is 5.92 Å². The van der Waals surface area contributed by atoms with Gasteiger partial charge in [-0.15, -0.1) is 0 Å². The zero-order chi connectivity index (χ0) is 9.68. The van der Waals surface area contributed by atoms with Gasteiger partial charge in [-0.25, -0.2) is 0 Å². The topological polar surface area (TPSA) is 26.3 Å². The third-order valence-electron chi connectivity index (χ3n) is 1.70. The summed E-state index contributed by atoms with van der Waals surface area (Å²) in [5.74, 6) is -0.105. The van der Waals surface area contributed by atoms with Crippen LogP contribution in [0, 0.1) is 5.92 Å². The van der Waals surface area contributed by atoms with Gasteiger partial charge in [0.25, 0.3) is 15.7 Å². The predicted octanol–water partition coefficient (Wildman–Crippen LogP) is 0.595. The van der Waals surface area contributed by atoms with Crippen LogP contribution < -0.4 is 5.19 Å². The predicted molar refractivity (Wildman–Crippen MR) is 55.6 cm³/mol. The van der Waals surface area contributed by atoms with Gasteiger partial charge in [0.1, 0.15) is 0 Å². The fourth-order valence-electron chi connectivity index (χ4n) is 0.895. The summed E-state index contributed by atoms with van der Waals surface area (Å²) in [4.78, 5) is 11.1. The zero-order valence-corrected chi connectivity index (χ0v) is 9.40.